The monoisotopic (exact) mass is 307 g/mol. The zero-order chi connectivity index (χ0) is 16.0. The highest BCUT2D eigenvalue weighted by atomic mass is 16.5. The number of hydrogen-bond acceptors (Lipinski definition) is 2. The standard InChI is InChI=1S/C21H25NO/c1-14(22(2)3)13-23-20-12-19-15-8-4-6-10-17(15)21(20)18-11-7-5-9-16(18)19/h4-11,14,19-21H,12-13H2,1-3H3. The van der Waals surface area contributed by atoms with Crippen LogP contribution in [0.1, 0.15) is 47.4 Å². The third kappa shape index (κ3) is 2.41. The summed E-state index contributed by atoms with van der Waals surface area (Å²) in [5.74, 6) is 0.883. The molecule has 0 aromatic heterocycles. The molecule has 2 aromatic rings. The molecule has 0 fully saturated rings. The predicted octanol–water partition coefficient (Wildman–Crippen LogP) is 4.00. The summed E-state index contributed by atoms with van der Waals surface area (Å²) in [6.07, 6.45) is 1.41. The molecule has 0 heterocycles. The Morgan fingerprint density at radius 2 is 1.48 bits per heavy atom. The van der Waals surface area contributed by atoms with Gasteiger partial charge in [0, 0.05) is 17.9 Å². The van der Waals surface area contributed by atoms with E-state index < -0.39 is 0 Å². The van der Waals surface area contributed by atoms with Crippen LogP contribution in [0.15, 0.2) is 48.5 Å². The number of likely N-dealkylation sites (N-methyl/N-ethyl adjacent to an activating group) is 1. The van der Waals surface area contributed by atoms with Crippen molar-refractivity contribution in [2.24, 2.45) is 0 Å². The maximum Gasteiger partial charge on any atom is 0.0694 e. The van der Waals surface area contributed by atoms with Crippen LogP contribution < -0.4 is 0 Å². The van der Waals surface area contributed by atoms with Crippen molar-refractivity contribution >= 4 is 0 Å². The quantitative estimate of drug-likeness (QED) is 0.846. The van der Waals surface area contributed by atoms with Crippen molar-refractivity contribution in [2.45, 2.75) is 37.3 Å². The summed E-state index contributed by atoms with van der Waals surface area (Å²) in [6, 6.07) is 18.3. The zero-order valence-electron chi connectivity index (χ0n) is 14.2. The molecule has 0 saturated heterocycles. The van der Waals surface area contributed by atoms with Crippen molar-refractivity contribution in [3.05, 3.63) is 70.8 Å². The summed E-state index contributed by atoms with van der Waals surface area (Å²) in [6.45, 7) is 3.02. The van der Waals surface area contributed by atoms with E-state index in [1.54, 1.807) is 0 Å². The fourth-order valence-electron chi connectivity index (χ4n) is 4.16. The number of nitrogens with zero attached hydrogens (tertiary/aromatic N) is 1. The molecule has 2 bridgehead atoms. The van der Waals surface area contributed by atoms with E-state index in [9.17, 15) is 0 Å². The molecular weight excluding hydrogens is 282 g/mol. The van der Waals surface area contributed by atoms with Crippen molar-refractivity contribution in [2.75, 3.05) is 20.7 Å². The normalized spacial score (nSPS) is 26.0. The minimum absolute atomic E-state index is 0.298. The van der Waals surface area contributed by atoms with E-state index in [-0.39, 0.29) is 0 Å². The Kier molecular flexibility index (Phi) is 3.74. The third-order valence-electron chi connectivity index (χ3n) is 5.69. The van der Waals surface area contributed by atoms with Gasteiger partial charge in [-0.25, -0.2) is 0 Å². The highest BCUT2D eigenvalue weighted by Gasteiger charge is 2.43. The maximum absolute atomic E-state index is 6.41. The second kappa shape index (κ2) is 5.77. The Balaban J connectivity index is 1.69. The zero-order valence-corrected chi connectivity index (χ0v) is 14.2. The molecule has 2 aromatic carbocycles. The molecule has 0 aliphatic heterocycles. The van der Waals surface area contributed by atoms with Gasteiger partial charge in [0.2, 0.25) is 0 Å². The van der Waals surface area contributed by atoms with Gasteiger partial charge >= 0.3 is 0 Å². The lowest BCUT2D eigenvalue weighted by molar-refractivity contribution is -0.000576. The van der Waals surface area contributed by atoms with Gasteiger partial charge in [-0.2, -0.15) is 0 Å². The van der Waals surface area contributed by atoms with Crippen molar-refractivity contribution < 1.29 is 4.74 Å². The molecule has 0 spiro atoms. The smallest absolute Gasteiger partial charge is 0.0694 e. The molecule has 120 valence electrons. The number of hydrogen-bond donors (Lipinski definition) is 0. The second-order valence-electron chi connectivity index (χ2n) is 7.21. The number of rotatable bonds is 4. The number of fused-ring (bicyclic) bond motifs is 1. The first-order valence-corrected chi connectivity index (χ1v) is 8.62. The predicted molar refractivity (Wildman–Crippen MR) is 94.1 cm³/mol. The molecule has 2 unspecified atom stereocenters. The number of benzene rings is 2. The van der Waals surface area contributed by atoms with Gasteiger partial charge in [-0.3, -0.25) is 0 Å². The van der Waals surface area contributed by atoms with Crippen molar-refractivity contribution in [1.29, 1.82) is 0 Å². The summed E-state index contributed by atoms with van der Waals surface area (Å²) >= 11 is 0. The van der Waals surface area contributed by atoms with Crippen molar-refractivity contribution in [1.82, 2.24) is 4.90 Å². The summed E-state index contributed by atoms with van der Waals surface area (Å²) in [5, 5.41) is 0. The van der Waals surface area contributed by atoms with E-state index >= 15 is 0 Å². The summed E-state index contributed by atoms with van der Waals surface area (Å²) in [7, 11) is 4.23. The SMILES string of the molecule is CC(COC1CC2c3ccccc3C1c1ccccc12)N(C)C. The third-order valence-corrected chi connectivity index (χ3v) is 5.69. The van der Waals surface area contributed by atoms with Gasteiger partial charge in [0.05, 0.1) is 12.7 Å². The van der Waals surface area contributed by atoms with Gasteiger partial charge in [-0.1, -0.05) is 48.5 Å². The minimum Gasteiger partial charge on any atom is -0.376 e. The van der Waals surface area contributed by atoms with Crippen molar-refractivity contribution in [3.8, 4) is 0 Å². The van der Waals surface area contributed by atoms with E-state index in [1.807, 2.05) is 0 Å². The van der Waals surface area contributed by atoms with Crippen LogP contribution in [0.4, 0.5) is 0 Å². The van der Waals surface area contributed by atoms with Gasteiger partial charge < -0.3 is 9.64 Å². The molecule has 2 nitrogen and oxygen atoms in total. The Labute approximate surface area is 139 Å². The van der Waals surface area contributed by atoms with E-state index in [4.69, 9.17) is 4.74 Å². The van der Waals surface area contributed by atoms with Crippen molar-refractivity contribution in [3.63, 3.8) is 0 Å². The fraction of sp³-hybridized carbons (Fsp3) is 0.429. The van der Waals surface area contributed by atoms with Crippen LogP contribution in [0.3, 0.4) is 0 Å². The van der Waals surface area contributed by atoms with Gasteiger partial charge in [0.1, 0.15) is 0 Å². The summed E-state index contributed by atoms with van der Waals surface area (Å²) in [4.78, 5) is 2.23. The molecule has 0 amide bonds. The van der Waals surface area contributed by atoms with E-state index in [0.29, 0.717) is 24.0 Å². The summed E-state index contributed by atoms with van der Waals surface area (Å²) in [5.41, 5.74) is 5.98. The minimum atomic E-state index is 0.298. The Morgan fingerprint density at radius 1 is 0.957 bits per heavy atom. The molecule has 2 atom stereocenters. The molecule has 2 heteroatoms. The van der Waals surface area contributed by atoms with Crippen LogP contribution in [0.25, 0.3) is 0 Å². The second-order valence-corrected chi connectivity index (χ2v) is 7.21. The molecule has 0 radical (unpaired) electrons. The van der Waals surface area contributed by atoms with Crippen LogP contribution in [0.5, 0.6) is 0 Å². The largest absolute Gasteiger partial charge is 0.376 e. The van der Waals surface area contributed by atoms with E-state index in [1.165, 1.54) is 22.3 Å². The first-order valence-electron chi connectivity index (χ1n) is 8.62. The van der Waals surface area contributed by atoms with Gasteiger partial charge in [0.25, 0.3) is 0 Å². The fourth-order valence-corrected chi connectivity index (χ4v) is 4.16. The first kappa shape index (κ1) is 14.9. The molecule has 23 heavy (non-hydrogen) atoms. The average molecular weight is 307 g/mol. The average Bonchev–Trinajstić information content (AvgIpc) is 2.59. The topological polar surface area (TPSA) is 12.5 Å². The van der Waals surface area contributed by atoms with Crippen LogP contribution in [0.2, 0.25) is 0 Å². The molecular formula is C21H25NO. The molecule has 3 aliphatic rings. The van der Waals surface area contributed by atoms with Crippen LogP contribution in [0, 0.1) is 0 Å². The molecule has 3 aliphatic carbocycles. The lowest BCUT2D eigenvalue weighted by Gasteiger charge is -2.45. The first-order chi connectivity index (χ1) is 11.2. The maximum atomic E-state index is 6.41. The number of ether oxygens (including phenoxy) is 1. The van der Waals surface area contributed by atoms with Crippen LogP contribution >= 0.6 is 0 Å². The Bertz CT molecular complexity index is 661. The highest BCUT2D eigenvalue weighted by Crippen LogP contribution is 2.53. The highest BCUT2D eigenvalue weighted by molar-refractivity contribution is 5.56. The van der Waals surface area contributed by atoms with E-state index in [2.05, 4.69) is 74.4 Å². The lowest BCUT2D eigenvalue weighted by Crippen LogP contribution is -2.40. The lowest BCUT2D eigenvalue weighted by atomic mass is 9.62. The van der Waals surface area contributed by atoms with E-state index in [0.717, 1.165) is 13.0 Å². The molecule has 0 saturated carbocycles. The Hall–Kier alpha value is -1.64. The van der Waals surface area contributed by atoms with Gasteiger partial charge in [0.15, 0.2) is 0 Å². The summed E-state index contributed by atoms with van der Waals surface area (Å²) < 4.78 is 6.41. The van der Waals surface area contributed by atoms with Gasteiger partial charge in [-0.05, 0) is 49.7 Å². The molecule has 5 rings (SSSR count). The Morgan fingerprint density at radius 3 is 2.00 bits per heavy atom. The van der Waals surface area contributed by atoms with Crippen LogP contribution in [-0.2, 0) is 4.74 Å². The van der Waals surface area contributed by atoms with Crippen LogP contribution in [-0.4, -0.2) is 37.7 Å². The molecule has 0 N–H and O–H groups in total. The van der Waals surface area contributed by atoms with Gasteiger partial charge in [-0.15, -0.1) is 0 Å².